The number of ketones is 1. The summed E-state index contributed by atoms with van der Waals surface area (Å²) in [6.45, 7) is 2.20. The summed E-state index contributed by atoms with van der Waals surface area (Å²) in [5.41, 5.74) is 0. The summed E-state index contributed by atoms with van der Waals surface area (Å²) in [5, 5.41) is 0. The van der Waals surface area contributed by atoms with E-state index in [0.29, 0.717) is 24.7 Å². The molecule has 1 aliphatic rings. The molecule has 0 saturated heterocycles. The van der Waals surface area contributed by atoms with E-state index < -0.39 is 0 Å². The second-order valence-electron chi connectivity index (χ2n) is 3.80. The Labute approximate surface area is 85.8 Å². The Hall–Kier alpha value is -0.410. The van der Waals surface area contributed by atoms with E-state index in [4.69, 9.17) is 9.47 Å². The molecule has 3 nitrogen and oxygen atoms in total. The lowest BCUT2D eigenvalue weighted by molar-refractivity contribution is -0.120. The molecule has 0 spiro atoms. The van der Waals surface area contributed by atoms with Crippen molar-refractivity contribution in [2.45, 2.75) is 32.1 Å². The number of hydrogen-bond donors (Lipinski definition) is 0. The lowest BCUT2D eigenvalue weighted by Crippen LogP contribution is -2.04. The van der Waals surface area contributed by atoms with Crippen molar-refractivity contribution in [3.63, 3.8) is 0 Å². The molecular weight excluding hydrogens is 180 g/mol. The van der Waals surface area contributed by atoms with Crippen molar-refractivity contribution >= 4 is 5.78 Å². The SMILES string of the molecule is COCCCOCCCC(=O)C1CC1. The molecule has 1 saturated carbocycles. The minimum atomic E-state index is 0.406. The third-order valence-electron chi connectivity index (χ3n) is 2.38. The third kappa shape index (κ3) is 5.35. The van der Waals surface area contributed by atoms with Gasteiger partial charge in [-0.3, -0.25) is 4.79 Å². The Kier molecular flexibility index (Phi) is 5.80. The molecule has 1 fully saturated rings. The number of Topliss-reactive ketones (excluding diaryl/α,β-unsaturated/α-hetero) is 1. The molecule has 0 aromatic carbocycles. The van der Waals surface area contributed by atoms with Gasteiger partial charge in [-0.05, 0) is 25.7 Å². The van der Waals surface area contributed by atoms with E-state index in [1.54, 1.807) is 7.11 Å². The Morgan fingerprint density at radius 3 is 2.57 bits per heavy atom. The standard InChI is InChI=1S/C11H20O3/c1-13-7-3-9-14-8-2-4-11(12)10-5-6-10/h10H,2-9H2,1H3. The minimum Gasteiger partial charge on any atom is -0.385 e. The maximum absolute atomic E-state index is 11.3. The van der Waals surface area contributed by atoms with E-state index in [1.165, 1.54) is 0 Å². The largest absolute Gasteiger partial charge is 0.385 e. The van der Waals surface area contributed by atoms with Crippen LogP contribution in [0.25, 0.3) is 0 Å². The average molecular weight is 200 g/mol. The molecule has 0 aromatic heterocycles. The molecule has 14 heavy (non-hydrogen) atoms. The Morgan fingerprint density at radius 2 is 1.93 bits per heavy atom. The number of hydrogen-bond acceptors (Lipinski definition) is 3. The number of ether oxygens (including phenoxy) is 2. The zero-order chi connectivity index (χ0) is 10.2. The van der Waals surface area contributed by atoms with Crippen LogP contribution in [-0.2, 0) is 14.3 Å². The summed E-state index contributed by atoms with van der Waals surface area (Å²) in [7, 11) is 1.69. The van der Waals surface area contributed by atoms with Crippen molar-refractivity contribution in [3.8, 4) is 0 Å². The number of methoxy groups -OCH3 is 1. The lowest BCUT2D eigenvalue weighted by Gasteiger charge is -2.02. The molecule has 0 atom stereocenters. The summed E-state index contributed by atoms with van der Waals surface area (Å²) in [5.74, 6) is 0.842. The van der Waals surface area contributed by atoms with E-state index >= 15 is 0 Å². The van der Waals surface area contributed by atoms with Gasteiger partial charge in [0.15, 0.2) is 0 Å². The molecule has 3 heteroatoms. The highest BCUT2D eigenvalue weighted by atomic mass is 16.5. The van der Waals surface area contributed by atoms with Crippen molar-refractivity contribution < 1.29 is 14.3 Å². The second-order valence-corrected chi connectivity index (χ2v) is 3.80. The fraction of sp³-hybridized carbons (Fsp3) is 0.909. The molecule has 0 radical (unpaired) electrons. The highest BCUT2D eigenvalue weighted by molar-refractivity contribution is 5.83. The van der Waals surface area contributed by atoms with Crippen molar-refractivity contribution in [2.75, 3.05) is 26.9 Å². The summed E-state index contributed by atoms with van der Waals surface area (Å²) in [6.07, 6.45) is 4.76. The normalized spacial score (nSPS) is 15.8. The summed E-state index contributed by atoms with van der Waals surface area (Å²) >= 11 is 0. The van der Waals surface area contributed by atoms with Crippen LogP contribution in [0.1, 0.15) is 32.1 Å². The molecule has 0 bridgehead atoms. The summed E-state index contributed by atoms with van der Waals surface area (Å²) in [4.78, 5) is 11.3. The van der Waals surface area contributed by atoms with Crippen molar-refractivity contribution in [3.05, 3.63) is 0 Å². The van der Waals surface area contributed by atoms with Gasteiger partial charge >= 0.3 is 0 Å². The maximum Gasteiger partial charge on any atom is 0.136 e. The molecule has 1 rings (SSSR count). The third-order valence-corrected chi connectivity index (χ3v) is 2.38. The predicted octanol–water partition coefficient (Wildman–Crippen LogP) is 1.80. The quantitative estimate of drug-likeness (QED) is 0.532. The first-order chi connectivity index (χ1) is 6.84. The van der Waals surface area contributed by atoms with Crippen LogP contribution in [0.2, 0.25) is 0 Å². The zero-order valence-corrected chi connectivity index (χ0v) is 8.96. The van der Waals surface area contributed by atoms with Gasteiger partial charge in [0.25, 0.3) is 0 Å². The van der Waals surface area contributed by atoms with Gasteiger partial charge in [0.05, 0.1) is 0 Å². The average Bonchev–Trinajstić information content (AvgIpc) is 2.99. The highest BCUT2D eigenvalue weighted by Gasteiger charge is 2.28. The van der Waals surface area contributed by atoms with Crippen LogP contribution in [-0.4, -0.2) is 32.7 Å². The van der Waals surface area contributed by atoms with E-state index in [1.807, 2.05) is 0 Å². The summed E-state index contributed by atoms with van der Waals surface area (Å²) in [6, 6.07) is 0. The Bertz CT molecular complexity index is 164. The highest BCUT2D eigenvalue weighted by Crippen LogP contribution is 2.31. The smallest absolute Gasteiger partial charge is 0.136 e. The van der Waals surface area contributed by atoms with Crippen molar-refractivity contribution in [1.29, 1.82) is 0 Å². The maximum atomic E-state index is 11.3. The van der Waals surface area contributed by atoms with Crippen molar-refractivity contribution in [2.24, 2.45) is 5.92 Å². The van der Waals surface area contributed by atoms with Crippen molar-refractivity contribution in [1.82, 2.24) is 0 Å². The number of carbonyl (C=O) groups excluding carboxylic acids is 1. The van der Waals surface area contributed by atoms with Gasteiger partial charge in [-0.25, -0.2) is 0 Å². The molecule has 0 amide bonds. The van der Waals surface area contributed by atoms with Crippen LogP contribution >= 0.6 is 0 Å². The van der Waals surface area contributed by atoms with Gasteiger partial charge in [0, 0.05) is 39.3 Å². The Morgan fingerprint density at radius 1 is 1.21 bits per heavy atom. The van der Waals surface area contributed by atoms with Crippen LogP contribution in [0, 0.1) is 5.92 Å². The minimum absolute atomic E-state index is 0.406. The van der Waals surface area contributed by atoms with Gasteiger partial charge < -0.3 is 9.47 Å². The van der Waals surface area contributed by atoms with Crippen LogP contribution in [0.15, 0.2) is 0 Å². The van der Waals surface area contributed by atoms with E-state index in [9.17, 15) is 4.79 Å². The first kappa shape index (κ1) is 11.7. The van der Waals surface area contributed by atoms with Crippen LogP contribution in [0.4, 0.5) is 0 Å². The fourth-order valence-corrected chi connectivity index (χ4v) is 1.37. The lowest BCUT2D eigenvalue weighted by atomic mass is 10.1. The molecule has 82 valence electrons. The molecule has 1 aliphatic carbocycles. The topological polar surface area (TPSA) is 35.5 Å². The van der Waals surface area contributed by atoms with E-state index in [2.05, 4.69) is 0 Å². The van der Waals surface area contributed by atoms with Gasteiger partial charge in [-0.2, -0.15) is 0 Å². The summed E-state index contributed by atoms with van der Waals surface area (Å²) < 4.78 is 10.2. The van der Waals surface area contributed by atoms with Crippen LogP contribution in [0.5, 0.6) is 0 Å². The molecule has 0 unspecified atom stereocenters. The van der Waals surface area contributed by atoms with E-state index in [-0.39, 0.29) is 0 Å². The van der Waals surface area contributed by atoms with Gasteiger partial charge in [0.1, 0.15) is 5.78 Å². The Balaban J connectivity index is 1.77. The van der Waals surface area contributed by atoms with Gasteiger partial charge in [-0.15, -0.1) is 0 Å². The fourth-order valence-electron chi connectivity index (χ4n) is 1.37. The second kappa shape index (κ2) is 6.96. The van der Waals surface area contributed by atoms with Gasteiger partial charge in [-0.1, -0.05) is 0 Å². The molecule has 0 aromatic rings. The number of rotatable bonds is 9. The molecule has 0 N–H and O–H groups in total. The predicted molar refractivity (Wildman–Crippen MR) is 54.3 cm³/mol. The van der Waals surface area contributed by atoms with Crippen LogP contribution in [0.3, 0.4) is 0 Å². The van der Waals surface area contributed by atoms with Crippen LogP contribution < -0.4 is 0 Å². The zero-order valence-electron chi connectivity index (χ0n) is 8.96. The van der Waals surface area contributed by atoms with Gasteiger partial charge in [0.2, 0.25) is 0 Å². The first-order valence-electron chi connectivity index (χ1n) is 5.44. The molecular formula is C11H20O3. The monoisotopic (exact) mass is 200 g/mol. The molecule has 0 aliphatic heterocycles. The van der Waals surface area contributed by atoms with E-state index in [0.717, 1.165) is 38.9 Å². The number of carbonyl (C=O) groups is 1. The first-order valence-corrected chi connectivity index (χ1v) is 5.44. The molecule has 0 heterocycles.